The van der Waals surface area contributed by atoms with Gasteiger partial charge in [0.2, 0.25) is 11.9 Å². The third-order valence-electron chi connectivity index (χ3n) is 5.59. The number of morpholine rings is 1. The van der Waals surface area contributed by atoms with Gasteiger partial charge in [-0.15, -0.1) is 0 Å². The van der Waals surface area contributed by atoms with E-state index in [1.165, 1.54) is 6.08 Å². The van der Waals surface area contributed by atoms with Crippen molar-refractivity contribution in [3.05, 3.63) is 73.2 Å². The van der Waals surface area contributed by atoms with Gasteiger partial charge in [0.05, 0.1) is 18.9 Å². The predicted molar refractivity (Wildman–Crippen MR) is 137 cm³/mol. The average Bonchev–Trinajstić information content (AvgIpc) is 2.89. The molecule has 0 aliphatic carbocycles. The molecule has 1 amide bonds. The van der Waals surface area contributed by atoms with E-state index in [0.29, 0.717) is 28.5 Å². The number of benzene rings is 1. The van der Waals surface area contributed by atoms with Crippen LogP contribution in [0.4, 0.5) is 23.0 Å². The maximum Gasteiger partial charge on any atom is 0.248 e. The first kappa shape index (κ1) is 22.4. The summed E-state index contributed by atoms with van der Waals surface area (Å²) < 4.78 is 5.43. The molecule has 1 aliphatic heterocycles. The van der Waals surface area contributed by atoms with Gasteiger partial charge < -0.3 is 20.3 Å². The first-order valence-corrected chi connectivity index (χ1v) is 11.4. The van der Waals surface area contributed by atoms with Crippen LogP contribution >= 0.6 is 0 Å². The number of pyridine rings is 2. The van der Waals surface area contributed by atoms with Crippen LogP contribution in [0.3, 0.4) is 0 Å². The first-order valence-electron chi connectivity index (χ1n) is 11.4. The summed E-state index contributed by atoms with van der Waals surface area (Å²) in [7, 11) is 0. The number of hydrogen-bond acceptors (Lipinski definition) is 8. The summed E-state index contributed by atoms with van der Waals surface area (Å²) in [4.78, 5) is 32.4. The Bertz CT molecular complexity index is 1370. The van der Waals surface area contributed by atoms with Crippen LogP contribution in [0.25, 0.3) is 22.3 Å². The van der Waals surface area contributed by atoms with Crippen molar-refractivity contribution in [1.82, 2.24) is 19.9 Å². The van der Waals surface area contributed by atoms with E-state index in [0.717, 1.165) is 43.1 Å². The highest BCUT2D eigenvalue weighted by atomic mass is 16.5. The van der Waals surface area contributed by atoms with Gasteiger partial charge in [-0.1, -0.05) is 6.08 Å². The summed E-state index contributed by atoms with van der Waals surface area (Å²) in [6, 6.07) is 13.6. The quantitative estimate of drug-likeness (QED) is 0.407. The maximum atomic E-state index is 11.9. The van der Waals surface area contributed by atoms with Crippen molar-refractivity contribution in [2.24, 2.45) is 0 Å². The summed E-state index contributed by atoms with van der Waals surface area (Å²) in [5.41, 5.74) is 4.56. The van der Waals surface area contributed by atoms with Gasteiger partial charge in [0.15, 0.2) is 0 Å². The van der Waals surface area contributed by atoms with Crippen LogP contribution in [0.1, 0.15) is 6.92 Å². The lowest BCUT2D eigenvalue weighted by Gasteiger charge is -2.28. The molecule has 0 radical (unpaired) electrons. The van der Waals surface area contributed by atoms with E-state index >= 15 is 0 Å². The minimum absolute atomic E-state index is 0.205. The topological polar surface area (TPSA) is 105 Å². The van der Waals surface area contributed by atoms with Crippen molar-refractivity contribution >= 4 is 39.8 Å². The number of aromatic nitrogens is 4. The zero-order valence-electron chi connectivity index (χ0n) is 19.3. The smallest absolute Gasteiger partial charge is 0.248 e. The van der Waals surface area contributed by atoms with E-state index in [1.54, 1.807) is 43.7 Å². The molecule has 4 aromatic rings. The van der Waals surface area contributed by atoms with Gasteiger partial charge in [0.1, 0.15) is 11.2 Å². The van der Waals surface area contributed by atoms with Crippen molar-refractivity contribution in [2.75, 3.05) is 41.8 Å². The molecule has 2 N–H and O–H groups in total. The minimum atomic E-state index is -0.205. The highest BCUT2D eigenvalue weighted by molar-refractivity contribution is 5.99. The molecule has 1 saturated heterocycles. The second-order valence-electron chi connectivity index (χ2n) is 7.98. The number of carbonyl (C=O) groups is 1. The molecule has 5 rings (SSSR count). The number of allylic oxidation sites excluding steroid dienone is 1. The maximum absolute atomic E-state index is 11.9. The summed E-state index contributed by atoms with van der Waals surface area (Å²) >= 11 is 0. The third-order valence-corrected chi connectivity index (χ3v) is 5.59. The minimum Gasteiger partial charge on any atom is -0.378 e. The van der Waals surface area contributed by atoms with Crippen LogP contribution in [-0.4, -0.2) is 52.1 Å². The molecule has 0 bridgehead atoms. The molecule has 9 heteroatoms. The standard InChI is InChI=1S/C26H25N7O2/c1-2-3-23(34)30-20-9-11-27-22(16-20)25-24-18(8-10-28-25)17-29-26(32-24)31-19-4-6-21(7-5-19)33-12-14-35-15-13-33/h2-11,16-17H,12-15H2,1H3,(H,27,30,34)(H,29,31,32)/b3-2-. The van der Waals surface area contributed by atoms with Crippen LogP contribution in [0.15, 0.2) is 73.2 Å². The molecular weight excluding hydrogens is 442 g/mol. The lowest BCUT2D eigenvalue weighted by Crippen LogP contribution is -2.36. The van der Waals surface area contributed by atoms with Crippen LogP contribution < -0.4 is 15.5 Å². The van der Waals surface area contributed by atoms with Gasteiger partial charge in [-0.3, -0.25) is 14.8 Å². The van der Waals surface area contributed by atoms with Crippen LogP contribution in [0.2, 0.25) is 0 Å². The van der Waals surface area contributed by atoms with Crippen molar-refractivity contribution in [3.8, 4) is 11.4 Å². The number of rotatable bonds is 6. The van der Waals surface area contributed by atoms with Crippen molar-refractivity contribution < 1.29 is 9.53 Å². The molecule has 9 nitrogen and oxygen atoms in total. The van der Waals surface area contributed by atoms with Crippen LogP contribution in [0, 0.1) is 0 Å². The molecule has 1 aliphatic rings. The second kappa shape index (κ2) is 10.3. The van der Waals surface area contributed by atoms with Gasteiger partial charge in [-0.25, -0.2) is 9.97 Å². The number of nitrogens with zero attached hydrogens (tertiary/aromatic N) is 5. The fourth-order valence-corrected chi connectivity index (χ4v) is 3.88. The van der Waals surface area contributed by atoms with Gasteiger partial charge in [-0.05, 0) is 55.5 Å². The van der Waals surface area contributed by atoms with Crippen LogP contribution in [-0.2, 0) is 9.53 Å². The van der Waals surface area contributed by atoms with Crippen molar-refractivity contribution in [1.29, 1.82) is 0 Å². The number of carbonyl (C=O) groups excluding carboxylic acids is 1. The van der Waals surface area contributed by atoms with E-state index in [1.807, 2.05) is 18.2 Å². The van der Waals surface area contributed by atoms with E-state index in [9.17, 15) is 4.79 Å². The molecule has 176 valence electrons. The van der Waals surface area contributed by atoms with Gasteiger partial charge in [-0.2, -0.15) is 0 Å². The van der Waals surface area contributed by atoms with E-state index in [4.69, 9.17) is 9.72 Å². The molecule has 0 spiro atoms. The molecule has 0 atom stereocenters. The molecule has 0 unspecified atom stereocenters. The molecule has 3 aromatic heterocycles. The molecular formula is C26H25N7O2. The number of fused-ring (bicyclic) bond motifs is 1. The van der Waals surface area contributed by atoms with E-state index in [-0.39, 0.29) is 5.91 Å². The Morgan fingerprint density at radius 3 is 2.60 bits per heavy atom. The summed E-state index contributed by atoms with van der Waals surface area (Å²) in [6.07, 6.45) is 8.25. The number of anilines is 4. The Morgan fingerprint density at radius 1 is 1.00 bits per heavy atom. The zero-order chi connectivity index (χ0) is 24.0. The SMILES string of the molecule is C/C=C\C(=O)Nc1ccnc(-c2nccc3cnc(Nc4ccc(N5CCOCC5)cc4)nc23)c1. The largest absolute Gasteiger partial charge is 0.378 e. The van der Waals surface area contributed by atoms with Crippen LogP contribution in [0.5, 0.6) is 0 Å². The number of nitrogens with one attached hydrogen (secondary N) is 2. The lowest BCUT2D eigenvalue weighted by molar-refractivity contribution is -0.111. The predicted octanol–water partition coefficient (Wildman–Crippen LogP) is 4.18. The molecule has 1 fully saturated rings. The lowest BCUT2D eigenvalue weighted by atomic mass is 10.1. The highest BCUT2D eigenvalue weighted by Gasteiger charge is 2.13. The monoisotopic (exact) mass is 467 g/mol. The first-order chi connectivity index (χ1) is 17.2. The molecule has 35 heavy (non-hydrogen) atoms. The Hall–Kier alpha value is -4.37. The van der Waals surface area contributed by atoms with Crippen molar-refractivity contribution in [3.63, 3.8) is 0 Å². The highest BCUT2D eigenvalue weighted by Crippen LogP contribution is 2.27. The van der Waals surface area contributed by atoms with Gasteiger partial charge in [0.25, 0.3) is 0 Å². The Kier molecular flexibility index (Phi) is 6.58. The Morgan fingerprint density at radius 2 is 1.80 bits per heavy atom. The average molecular weight is 468 g/mol. The third kappa shape index (κ3) is 5.25. The fraction of sp³-hybridized carbons (Fsp3) is 0.192. The van der Waals surface area contributed by atoms with Crippen molar-refractivity contribution in [2.45, 2.75) is 6.92 Å². The molecule has 1 aromatic carbocycles. The Labute approximate surface area is 202 Å². The molecule has 0 saturated carbocycles. The Balaban J connectivity index is 1.40. The summed E-state index contributed by atoms with van der Waals surface area (Å²) in [6.45, 7) is 5.08. The van der Waals surface area contributed by atoms with E-state index in [2.05, 4.69) is 42.6 Å². The van der Waals surface area contributed by atoms with E-state index < -0.39 is 0 Å². The zero-order valence-corrected chi connectivity index (χ0v) is 19.3. The number of hydrogen-bond donors (Lipinski definition) is 2. The summed E-state index contributed by atoms with van der Waals surface area (Å²) in [5.74, 6) is 0.257. The number of ether oxygens (including phenoxy) is 1. The fourth-order valence-electron chi connectivity index (χ4n) is 3.88. The van der Waals surface area contributed by atoms with Gasteiger partial charge in [0, 0.05) is 54.1 Å². The molecule has 4 heterocycles. The summed E-state index contributed by atoms with van der Waals surface area (Å²) in [5, 5.41) is 6.94. The normalized spacial score (nSPS) is 13.8. The van der Waals surface area contributed by atoms with Gasteiger partial charge >= 0.3 is 0 Å². The second-order valence-corrected chi connectivity index (χ2v) is 7.98. The number of amides is 1.